The van der Waals surface area contributed by atoms with E-state index < -0.39 is 23.4 Å². The molecule has 0 unspecified atom stereocenters. The molecule has 39 heavy (non-hydrogen) atoms. The highest BCUT2D eigenvalue weighted by Crippen LogP contribution is 2.42. The highest BCUT2D eigenvalue weighted by atomic mass is 19.1. The fourth-order valence-corrected chi connectivity index (χ4v) is 5.60. The molecule has 0 atom stereocenters. The third-order valence-corrected chi connectivity index (χ3v) is 7.49. The smallest absolute Gasteiger partial charge is 0.335 e. The van der Waals surface area contributed by atoms with Crippen LogP contribution in [0.3, 0.4) is 0 Å². The van der Waals surface area contributed by atoms with E-state index in [1.54, 1.807) is 18.2 Å². The van der Waals surface area contributed by atoms with Crippen LogP contribution in [0.1, 0.15) is 63.0 Å². The molecule has 3 aromatic rings. The van der Waals surface area contributed by atoms with Gasteiger partial charge in [-0.2, -0.15) is 0 Å². The number of fused-ring (bicyclic) bond motifs is 1. The Balaban J connectivity index is 1.64. The maximum Gasteiger partial charge on any atom is 0.335 e. The molecule has 7 heteroatoms. The third kappa shape index (κ3) is 5.55. The van der Waals surface area contributed by atoms with Crippen molar-refractivity contribution in [1.82, 2.24) is 4.90 Å². The normalized spacial score (nSPS) is 15.6. The molecule has 1 heterocycles. The van der Waals surface area contributed by atoms with Gasteiger partial charge in [0.1, 0.15) is 17.5 Å². The predicted octanol–water partition coefficient (Wildman–Crippen LogP) is 7.46. The summed E-state index contributed by atoms with van der Waals surface area (Å²) in [7, 11) is 0. The molecule has 2 aliphatic rings. The molecule has 1 fully saturated rings. The lowest BCUT2D eigenvalue weighted by Gasteiger charge is -2.33. The number of alkyl halides is 1. The summed E-state index contributed by atoms with van der Waals surface area (Å²) < 4.78 is 56.9. The Bertz CT molecular complexity index is 1500. The Morgan fingerprint density at radius 1 is 0.949 bits per heavy atom. The van der Waals surface area contributed by atoms with E-state index in [1.807, 2.05) is 13.0 Å². The molecule has 1 aliphatic heterocycles. The Hall–Kier alpha value is -3.71. The minimum Gasteiger partial charge on any atom is -0.478 e. The second kappa shape index (κ2) is 11.2. The number of aryl methyl sites for hydroxylation is 2. The van der Waals surface area contributed by atoms with E-state index in [0.717, 1.165) is 22.8 Å². The number of nitrogens with zero attached hydrogens (tertiary/aromatic N) is 1. The summed E-state index contributed by atoms with van der Waals surface area (Å²) in [6.45, 7) is 3.55. The van der Waals surface area contributed by atoms with Gasteiger partial charge in [0, 0.05) is 36.8 Å². The third-order valence-electron chi connectivity index (χ3n) is 7.49. The first-order chi connectivity index (χ1) is 18.7. The summed E-state index contributed by atoms with van der Waals surface area (Å²) in [5.41, 5.74) is 6.03. The van der Waals surface area contributed by atoms with Crippen LogP contribution < -0.4 is 0 Å². The molecule has 1 N–H and O–H groups in total. The van der Waals surface area contributed by atoms with Crippen LogP contribution in [-0.4, -0.2) is 42.3 Å². The summed E-state index contributed by atoms with van der Waals surface area (Å²) in [5, 5.41) is 9.53. The number of hydrogen-bond donors (Lipinski definition) is 1. The van der Waals surface area contributed by atoms with Gasteiger partial charge < -0.3 is 5.11 Å². The number of likely N-dealkylation sites (tertiary alicyclic amines) is 1. The maximum absolute atomic E-state index is 15.6. The number of rotatable bonds is 7. The first kappa shape index (κ1) is 26.9. The number of carboxylic acids is 1. The number of aromatic carboxylic acids is 1. The number of hydrogen-bond acceptors (Lipinski definition) is 2. The van der Waals surface area contributed by atoms with Crippen LogP contribution in [0.4, 0.5) is 17.6 Å². The van der Waals surface area contributed by atoms with Crippen molar-refractivity contribution in [2.75, 3.05) is 26.3 Å². The first-order valence-corrected chi connectivity index (χ1v) is 13.1. The standard InChI is InChI=1S/C32H29F4NO2/c1-19-12-23(13-20-17-37(18-20)11-3-10-33)29(35)16-28(19)31-25-8-6-22(32(38)39)14-21(25)4-2-5-27(31)26-9-7-24(34)15-30(26)36/h6-9,12-16H,2-5,10-11,17-18H2,1H3,(H,38,39). The molecule has 0 spiro atoms. The van der Waals surface area contributed by atoms with E-state index in [4.69, 9.17) is 0 Å². The van der Waals surface area contributed by atoms with Crippen LogP contribution in [0.2, 0.25) is 0 Å². The fourth-order valence-electron chi connectivity index (χ4n) is 5.60. The topological polar surface area (TPSA) is 40.5 Å². The quantitative estimate of drug-likeness (QED) is 0.319. The number of allylic oxidation sites excluding steroid dienone is 1. The molecule has 0 bridgehead atoms. The van der Waals surface area contributed by atoms with Gasteiger partial charge in [-0.15, -0.1) is 0 Å². The van der Waals surface area contributed by atoms with Gasteiger partial charge >= 0.3 is 5.97 Å². The lowest BCUT2D eigenvalue weighted by molar-refractivity contribution is 0.0696. The molecule has 0 saturated carbocycles. The van der Waals surface area contributed by atoms with Gasteiger partial charge in [-0.1, -0.05) is 12.1 Å². The number of benzene rings is 3. The first-order valence-electron chi connectivity index (χ1n) is 13.1. The number of halogens is 4. The van der Waals surface area contributed by atoms with Crippen molar-refractivity contribution in [3.63, 3.8) is 0 Å². The van der Waals surface area contributed by atoms with Gasteiger partial charge in [-0.25, -0.2) is 18.0 Å². The molecule has 1 saturated heterocycles. The minimum absolute atomic E-state index is 0.149. The second-order valence-electron chi connectivity index (χ2n) is 10.3. The highest BCUT2D eigenvalue weighted by Gasteiger charge is 2.25. The molecule has 0 radical (unpaired) electrons. The summed E-state index contributed by atoms with van der Waals surface area (Å²) >= 11 is 0. The monoisotopic (exact) mass is 535 g/mol. The van der Waals surface area contributed by atoms with E-state index in [0.29, 0.717) is 73.2 Å². The summed E-state index contributed by atoms with van der Waals surface area (Å²) in [6.07, 6.45) is 3.95. The van der Waals surface area contributed by atoms with E-state index in [9.17, 15) is 18.7 Å². The Morgan fingerprint density at radius 3 is 2.44 bits per heavy atom. The minimum atomic E-state index is -1.05. The van der Waals surface area contributed by atoms with Crippen LogP contribution >= 0.6 is 0 Å². The van der Waals surface area contributed by atoms with Gasteiger partial charge in [0.05, 0.1) is 12.2 Å². The zero-order chi connectivity index (χ0) is 27.7. The SMILES string of the molecule is Cc1cc(C=C2CN(CCCF)C2)c(F)cc1C1=C(c2ccc(F)cc2F)CCCc2cc(C(=O)O)ccc21. The van der Waals surface area contributed by atoms with Crippen LogP contribution in [-0.2, 0) is 6.42 Å². The van der Waals surface area contributed by atoms with Crippen molar-refractivity contribution in [3.05, 3.63) is 110 Å². The molecule has 5 rings (SSSR count). The summed E-state index contributed by atoms with van der Waals surface area (Å²) in [4.78, 5) is 13.7. The predicted molar refractivity (Wildman–Crippen MR) is 145 cm³/mol. The molecule has 0 aromatic heterocycles. The maximum atomic E-state index is 15.6. The lowest BCUT2D eigenvalue weighted by atomic mass is 9.84. The van der Waals surface area contributed by atoms with Gasteiger partial charge in [-0.3, -0.25) is 9.29 Å². The average molecular weight is 536 g/mol. The molecule has 1 aliphatic carbocycles. The summed E-state index contributed by atoms with van der Waals surface area (Å²) in [6, 6.07) is 11.5. The van der Waals surface area contributed by atoms with Crippen molar-refractivity contribution < 1.29 is 27.5 Å². The van der Waals surface area contributed by atoms with Crippen molar-refractivity contribution >= 4 is 23.2 Å². The highest BCUT2D eigenvalue weighted by molar-refractivity contribution is 6.01. The van der Waals surface area contributed by atoms with Gasteiger partial charge in [0.2, 0.25) is 0 Å². The number of carbonyl (C=O) groups is 1. The van der Waals surface area contributed by atoms with Crippen LogP contribution in [0, 0.1) is 24.4 Å². The van der Waals surface area contributed by atoms with Crippen molar-refractivity contribution in [2.45, 2.75) is 32.6 Å². The fraction of sp³-hybridized carbons (Fsp3) is 0.281. The molecule has 0 amide bonds. The largest absolute Gasteiger partial charge is 0.478 e. The number of carboxylic acid groups (broad SMARTS) is 1. The van der Waals surface area contributed by atoms with Crippen molar-refractivity contribution in [2.24, 2.45) is 0 Å². The van der Waals surface area contributed by atoms with Crippen LogP contribution in [0.25, 0.3) is 17.2 Å². The van der Waals surface area contributed by atoms with E-state index in [-0.39, 0.29) is 17.8 Å². The van der Waals surface area contributed by atoms with Crippen LogP contribution in [0.5, 0.6) is 0 Å². The van der Waals surface area contributed by atoms with Crippen molar-refractivity contribution in [1.29, 1.82) is 0 Å². The van der Waals surface area contributed by atoms with E-state index >= 15 is 8.78 Å². The summed E-state index contributed by atoms with van der Waals surface area (Å²) in [5.74, 6) is -2.85. The average Bonchev–Trinajstić information content (AvgIpc) is 3.06. The van der Waals surface area contributed by atoms with Crippen molar-refractivity contribution in [3.8, 4) is 0 Å². The van der Waals surface area contributed by atoms with E-state index in [2.05, 4.69) is 4.90 Å². The molecule has 3 nitrogen and oxygen atoms in total. The molecule has 3 aromatic carbocycles. The molecular weight excluding hydrogens is 506 g/mol. The Kier molecular flexibility index (Phi) is 7.71. The zero-order valence-electron chi connectivity index (χ0n) is 21.7. The Morgan fingerprint density at radius 2 is 1.72 bits per heavy atom. The van der Waals surface area contributed by atoms with Gasteiger partial charge in [0.15, 0.2) is 0 Å². The molecule has 202 valence electrons. The second-order valence-corrected chi connectivity index (χ2v) is 10.3. The van der Waals surface area contributed by atoms with Gasteiger partial charge in [-0.05, 0) is 108 Å². The lowest BCUT2D eigenvalue weighted by Crippen LogP contribution is -2.40. The van der Waals surface area contributed by atoms with Crippen LogP contribution in [0.15, 0.2) is 54.1 Å². The van der Waals surface area contributed by atoms with Gasteiger partial charge in [0.25, 0.3) is 0 Å². The molecular formula is C32H29F4NO2. The zero-order valence-corrected chi connectivity index (χ0v) is 21.7. The van der Waals surface area contributed by atoms with E-state index in [1.165, 1.54) is 24.3 Å². The Labute approximate surface area is 225 Å².